The molecule has 1 N–H and O–H groups in total. The number of aromatic hydroxyl groups is 1. The number of pyridine rings is 1. The second-order valence-electron chi connectivity index (χ2n) is 10.2. The number of nitrogens with zero attached hydrogens (tertiary/aromatic N) is 3. The molecule has 6 heteroatoms. The van der Waals surface area contributed by atoms with E-state index < -0.39 is 0 Å². The summed E-state index contributed by atoms with van der Waals surface area (Å²) in [5, 5.41) is 16.9. The summed E-state index contributed by atoms with van der Waals surface area (Å²) in [4.78, 5) is 15.8. The third-order valence-corrected chi connectivity index (χ3v) is 5.33. The smallest absolute Gasteiger partial charge is 0.302 e. The first kappa shape index (κ1) is 22.8. The maximum Gasteiger partial charge on any atom is 0.302 e. The van der Waals surface area contributed by atoms with Crippen molar-refractivity contribution in [3.05, 3.63) is 41.1 Å². The molecule has 0 fully saturated rings. The number of hydrogen-bond donors (Lipinski definition) is 1. The average molecular weight is 424 g/mol. The van der Waals surface area contributed by atoms with Crippen LogP contribution in [0.2, 0.25) is 0 Å². The van der Waals surface area contributed by atoms with E-state index in [1.165, 1.54) is 6.92 Å². The lowest BCUT2D eigenvalue weighted by atomic mass is 9.78. The van der Waals surface area contributed by atoms with Crippen molar-refractivity contribution in [1.29, 1.82) is 0 Å². The summed E-state index contributed by atoms with van der Waals surface area (Å²) >= 11 is 0. The minimum absolute atomic E-state index is 0.233. The Morgan fingerprint density at radius 1 is 1.06 bits per heavy atom. The second-order valence-corrected chi connectivity index (χ2v) is 10.2. The van der Waals surface area contributed by atoms with E-state index in [4.69, 9.17) is 9.84 Å². The Morgan fingerprint density at radius 2 is 1.65 bits per heavy atom. The maximum atomic E-state index is 11.2. The van der Waals surface area contributed by atoms with E-state index in [1.54, 1.807) is 4.68 Å². The quantitative estimate of drug-likeness (QED) is 0.579. The van der Waals surface area contributed by atoms with Crippen molar-refractivity contribution < 1.29 is 14.6 Å². The predicted octanol–water partition coefficient (Wildman–Crippen LogP) is 5.27. The van der Waals surface area contributed by atoms with Gasteiger partial charge in [-0.15, -0.1) is 0 Å². The van der Waals surface area contributed by atoms with Gasteiger partial charge in [0.05, 0.1) is 6.54 Å². The molecule has 0 spiro atoms. The zero-order valence-electron chi connectivity index (χ0n) is 19.8. The molecular weight excluding hydrogens is 390 g/mol. The molecule has 3 aromatic rings. The number of rotatable bonds is 4. The molecule has 0 amide bonds. The first-order chi connectivity index (χ1) is 14.3. The molecule has 0 radical (unpaired) electrons. The number of benzene rings is 1. The molecule has 31 heavy (non-hydrogen) atoms. The molecule has 0 aliphatic carbocycles. The van der Waals surface area contributed by atoms with Crippen LogP contribution in [0, 0.1) is 6.92 Å². The molecule has 166 valence electrons. The normalized spacial score (nSPS) is 12.4. The third kappa shape index (κ3) is 4.73. The Bertz CT molecular complexity index is 1100. The average Bonchev–Trinajstić information content (AvgIpc) is 2.97. The second kappa shape index (κ2) is 7.98. The number of carbonyl (C=O) groups is 1. The van der Waals surface area contributed by atoms with Crippen molar-refractivity contribution in [2.24, 2.45) is 0 Å². The minimum Gasteiger partial charge on any atom is -0.507 e. The number of aryl methyl sites for hydroxylation is 1. The lowest BCUT2D eigenvalue weighted by Crippen LogP contribution is -2.17. The zero-order valence-corrected chi connectivity index (χ0v) is 19.8. The van der Waals surface area contributed by atoms with Gasteiger partial charge < -0.3 is 9.84 Å². The van der Waals surface area contributed by atoms with Gasteiger partial charge >= 0.3 is 5.97 Å². The van der Waals surface area contributed by atoms with Gasteiger partial charge in [-0.2, -0.15) is 5.10 Å². The van der Waals surface area contributed by atoms with Crippen LogP contribution in [0.3, 0.4) is 0 Å². The molecule has 0 saturated heterocycles. The first-order valence-corrected chi connectivity index (χ1v) is 10.6. The molecule has 0 atom stereocenters. The van der Waals surface area contributed by atoms with Crippen molar-refractivity contribution in [3.8, 4) is 17.0 Å². The van der Waals surface area contributed by atoms with Crippen LogP contribution < -0.4 is 0 Å². The predicted molar refractivity (Wildman–Crippen MR) is 123 cm³/mol. The van der Waals surface area contributed by atoms with E-state index in [0.29, 0.717) is 12.3 Å². The highest BCUT2D eigenvalue weighted by atomic mass is 16.5. The topological polar surface area (TPSA) is 77.2 Å². The number of esters is 1. The van der Waals surface area contributed by atoms with Gasteiger partial charge in [0.25, 0.3) is 0 Å². The van der Waals surface area contributed by atoms with Gasteiger partial charge in [0, 0.05) is 35.2 Å². The highest BCUT2D eigenvalue weighted by Crippen LogP contribution is 2.42. The minimum atomic E-state index is -0.316. The van der Waals surface area contributed by atoms with Crippen molar-refractivity contribution in [2.45, 2.75) is 72.8 Å². The van der Waals surface area contributed by atoms with E-state index >= 15 is 0 Å². The fraction of sp³-hybridized carbons (Fsp3) is 0.480. The summed E-state index contributed by atoms with van der Waals surface area (Å²) in [6.07, 6.45) is 1.81. The standard InChI is InChI=1S/C25H33N3O3/c1-15-11-18-21(27-28(23(18)26-14-15)9-10-31-16(2)29)17-12-19(24(3,4)5)22(30)20(13-17)25(6,7)8/h11-14,30H,9-10H2,1-8H3. The van der Waals surface area contributed by atoms with Gasteiger partial charge in [-0.25, -0.2) is 9.67 Å². The van der Waals surface area contributed by atoms with Crippen LogP contribution in [-0.2, 0) is 26.9 Å². The molecule has 6 nitrogen and oxygen atoms in total. The highest BCUT2D eigenvalue weighted by molar-refractivity contribution is 5.92. The molecule has 0 unspecified atom stereocenters. The monoisotopic (exact) mass is 423 g/mol. The van der Waals surface area contributed by atoms with Crippen LogP contribution >= 0.6 is 0 Å². The summed E-state index contributed by atoms with van der Waals surface area (Å²) in [6, 6.07) is 6.14. The van der Waals surface area contributed by atoms with Gasteiger partial charge in [0.15, 0.2) is 5.65 Å². The van der Waals surface area contributed by atoms with Crippen LogP contribution in [0.4, 0.5) is 0 Å². The molecule has 0 saturated carbocycles. The largest absolute Gasteiger partial charge is 0.507 e. The van der Waals surface area contributed by atoms with E-state index in [0.717, 1.165) is 39.0 Å². The van der Waals surface area contributed by atoms with Crippen LogP contribution in [0.1, 0.15) is 65.2 Å². The lowest BCUT2D eigenvalue weighted by molar-refractivity contribution is -0.141. The Morgan fingerprint density at radius 3 is 2.16 bits per heavy atom. The molecule has 2 heterocycles. The van der Waals surface area contributed by atoms with Crippen molar-refractivity contribution in [1.82, 2.24) is 14.8 Å². The van der Waals surface area contributed by atoms with Gasteiger partial charge in [0.1, 0.15) is 18.1 Å². The molecule has 0 aliphatic rings. The highest BCUT2D eigenvalue weighted by Gasteiger charge is 2.28. The summed E-state index contributed by atoms with van der Waals surface area (Å²) in [6.45, 7) is 16.6. The van der Waals surface area contributed by atoms with Crippen LogP contribution in [-0.4, -0.2) is 32.4 Å². The summed E-state index contributed by atoms with van der Waals surface area (Å²) in [7, 11) is 0. The van der Waals surface area contributed by atoms with Gasteiger partial charge in [-0.1, -0.05) is 41.5 Å². The Hall–Kier alpha value is -2.89. The zero-order chi connectivity index (χ0) is 23.1. The summed E-state index contributed by atoms with van der Waals surface area (Å²) in [5.74, 6) is 0.0281. The maximum absolute atomic E-state index is 11.2. The van der Waals surface area contributed by atoms with E-state index in [-0.39, 0.29) is 23.4 Å². The van der Waals surface area contributed by atoms with Crippen LogP contribution in [0.15, 0.2) is 24.4 Å². The van der Waals surface area contributed by atoms with Gasteiger partial charge in [0.2, 0.25) is 0 Å². The number of fused-ring (bicyclic) bond motifs is 1. The number of phenols is 1. The van der Waals surface area contributed by atoms with Gasteiger partial charge in [-0.05, 0) is 41.5 Å². The van der Waals surface area contributed by atoms with E-state index in [9.17, 15) is 9.90 Å². The fourth-order valence-corrected chi connectivity index (χ4v) is 3.72. The summed E-state index contributed by atoms with van der Waals surface area (Å²) < 4.78 is 6.90. The van der Waals surface area contributed by atoms with Crippen molar-refractivity contribution >= 4 is 17.0 Å². The van der Waals surface area contributed by atoms with Crippen molar-refractivity contribution in [3.63, 3.8) is 0 Å². The Balaban J connectivity index is 2.25. The van der Waals surface area contributed by atoms with Crippen molar-refractivity contribution in [2.75, 3.05) is 6.61 Å². The lowest BCUT2D eigenvalue weighted by Gasteiger charge is -2.28. The summed E-state index contributed by atoms with van der Waals surface area (Å²) in [5.41, 5.74) is 4.84. The van der Waals surface area contributed by atoms with E-state index in [1.807, 2.05) is 25.3 Å². The number of aromatic nitrogens is 3. The number of hydrogen-bond acceptors (Lipinski definition) is 5. The molecule has 1 aromatic carbocycles. The third-order valence-electron chi connectivity index (χ3n) is 5.33. The Labute approximate surface area is 184 Å². The van der Waals surface area contributed by atoms with Crippen LogP contribution in [0.5, 0.6) is 5.75 Å². The molecule has 2 aromatic heterocycles. The van der Waals surface area contributed by atoms with Crippen LogP contribution in [0.25, 0.3) is 22.3 Å². The molecule has 0 bridgehead atoms. The molecular formula is C25H33N3O3. The first-order valence-electron chi connectivity index (χ1n) is 10.6. The number of phenolic OH excluding ortho intramolecular Hbond substituents is 1. The fourth-order valence-electron chi connectivity index (χ4n) is 3.72. The van der Waals surface area contributed by atoms with Gasteiger partial charge in [-0.3, -0.25) is 4.79 Å². The number of carbonyl (C=O) groups excluding carboxylic acids is 1. The van der Waals surface area contributed by atoms with E-state index in [2.05, 4.69) is 52.6 Å². The Kier molecular flexibility index (Phi) is 5.87. The molecule has 0 aliphatic heterocycles. The number of ether oxygens (including phenoxy) is 1. The molecule has 3 rings (SSSR count). The SMILES string of the molecule is CC(=O)OCCn1nc(-c2cc(C(C)(C)C)c(O)c(C(C)(C)C)c2)c2cc(C)cnc21.